The minimum atomic E-state index is -0.602. The van der Waals surface area contributed by atoms with E-state index in [1.165, 1.54) is 24.3 Å². The van der Waals surface area contributed by atoms with Gasteiger partial charge in [0.1, 0.15) is 0 Å². The van der Waals surface area contributed by atoms with Crippen LogP contribution in [-0.2, 0) is 9.59 Å². The number of aryl methyl sites for hydroxylation is 2. The average molecular weight is 443 g/mol. The SMILES string of the molecule is Cc1ccc(NC(=O)CCC(=O)NNC(=S)NC(=O)c2ccc([N+](=O)[O-])cc2)cc1C. The van der Waals surface area contributed by atoms with Crippen LogP contribution in [0.3, 0.4) is 0 Å². The highest BCUT2D eigenvalue weighted by Gasteiger charge is 2.12. The number of nitro groups is 1. The van der Waals surface area contributed by atoms with Crippen molar-refractivity contribution in [3.8, 4) is 0 Å². The number of nitrogens with one attached hydrogen (secondary N) is 4. The van der Waals surface area contributed by atoms with Crippen molar-refractivity contribution in [2.45, 2.75) is 26.7 Å². The predicted octanol–water partition coefficient (Wildman–Crippen LogP) is 2.27. The highest BCUT2D eigenvalue weighted by molar-refractivity contribution is 7.80. The number of hydrazine groups is 1. The molecule has 11 heteroatoms. The number of carbonyl (C=O) groups is 3. The van der Waals surface area contributed by atoms with E-state index in [0.29, 0.717) is 5.69 Å². The van der Waals surface area contributed by atoms with Crippen LogP contribution in [0.5, 0.6) is 0 Å². The molecule has 0 unspecified atom stereocenters. The molecule has 4 N–H and O–H groups in total. The molecule has 0 aromatic heterocycles. The molecular weight excluding hydrogens is 422 g/mol. The molecule has 0 aliphatic heterocycles. The van der Waals surface area contributed by atoms with Crippen LogP contribution in [0, 0.1) is 24.0 Å². The molecule has 0 aliphatic carbocycles. The molecule has 31 heavy (non-hydrogen) atoms. The molecule has 0 bridgehead atoms. The number of amides is 3. The third-order valence-corrected chi connectivity index (χ3v) is 4.46. The van der Waals surface area contributed by atoms with E-state index in [1.54, 1.807) is 6.07 Å². The lowest BCUT2D eigenvalue weighted by molar-refractivity contribution is -0.384. The summed E-state index contributed by atoms with van der Waals surface area (Å²) < 4.78 is 0. The zero-order valence-corrected chi connectivity index (χ0v) is 17.7. The van der Waals surface area contributed by atoms with Gasteiger partial charge in [-0.25, -0.2) is 0 Å². The lowest BCUT2D eigenvalue weighted by Gasteiger charge is -2.11. The maximum atomic E-state index is 12.0. The summed E-state index contributed by atoms with van der Waals surface area (Å²) in [5, 5.41) is 15.5. The first-order chi connectivity index (χ1) is 14.7. The molecule has 0 spiro atoms. The Morgan fingerprint density at radius 3 is 2.19 bits per heavy atom. The summed E-state index contributed by atoms with van der Waals surface area (Å²) in [5.74, 6) is -1.41. The second-order valence-corrected chi connectivity index (χ2v) is 7.02. The van der Waals surface area contributed by atoms with Gasteiger partial charge in [0.25, 0.3) is 11.6 Å². The minimum absolute atomic E-state index is 0.0393. The fourth-order valence-corrected chi connectivity index (χ4v) is 2.54. The van der Waals surface area contributed by atoms with Crippen molar-refractivity contribution in [2.75, 3.05) is 5.32 Å². The van der Waals surface area contributed by atoms with Gasteiger partial charge >= 0.3 is 0 Å². The van der Waals surface area contributed by atoms with Crippen LogP contribution in [0.2, 0.25) is 0 Å². The normalized spacial score (nSPS) is 10.0. The van der Waals surface area contributed by atoms with E-state index in [-0.39, 0.29) is 35.1 Å². The Morgan fingerprint density at radius 1 is 0.935 bits per heavy atom. The molecule has 2 aromatic rings. The first-order valence-corrected chi connectivity index (χ1v) is 9.58. The Labute approximate surface area is 183 Å². The lowest BCUT2D eigenvalue weighted by Crippen LogP contribution is -2.48. The Balaban J connectivity index is 1.71. The van der Waals surface area contributed by atoms with Crippen LogP contribution in [0.1, 0.15) is 34.3 Å². The Bertz CT molecular complexity index is 1020. The summed E-state index contributed by atoms with van der Waals surface area (Å²) in [5.41, 5.74) is 7.47. The number of non-ortho nitro benzene ring substituents is 1. The van der Waals surface area contributed by atoms with Gasteiger partial charge in [-0.2, -0.15) is 0 Å². The molecule has 0 radical (unpaired) electrons. The van der Waals surface area contributed by atoms with E-state index < -0.39 is 16.7 Å². The van der Waals surface area contributed by atoms with Crippen LogP contribution < -0.4 is 21.5 Å². The number of hydrogen-bond acceptors (Lipinski definition) is 6. The summed E-state index contributed by atoms with van der Waals surface area (Å²) in [6, 6.07) is 10.5. The number of rotatable bonds is 6. The largest absolute Gasteiger partial charge is 0.326 e. The molecule has 2 aromatic carbocycles. The van der Waals surface area contributed by atoms with E-state index in [1.807, 2.05) is 26.0 Å². The highest BCUT2D eigenvalue weighted by Crippen LogP contribution is 2.14. The molecule has 0 fully saturated rings. The molecule has 2 rings (SSSR count). The van der Waals surface area contributed by atoms with E-state index in [4.69, 9.17) is 12.2 Å². The maximum absolute atomic E-state index is 12.0. The summed E-state index contributed by atoms with van der Waals surface area (Å²) >= 11 is 4.92. The number of thiocarbonyl (C=S) groups is 1. The molecule has 162 valence electrons. The molecule has 3 amide bonds. The molecule has 0 saturated carbocycles. The fourth-order valence-electron chi connectivity index (χ4n) is 2.40. The summed E-state index contributed by atoms with van der Waals surface area (Å²) in [6.07, 6.45) is -0.134. The third kappa shape index (κ3) is 7.48. The van der Waals surface area contributed by atoms with E-state index in [9.17, 15) is 24.5 Å². The van der Waals surface area contributed by atoms with Crippen molar-refractivity contribution in [1.29, 1.82) is 0 Å². The Morgan fingerprint density at radius 2 is 1.58 bits per heavy atom. The van der Waals surface area contributed by atoms with Gasteiger partial charge in [0, 0.05) is 36.2 Å². The van der Waals surface area contributed by atoms with Crippen LogP contribution in [-0.4, -0.2) is 27.8 Å². The standard InChI is InChI=1S/C20H21N5O5S/c1-12-3-6-15(11-13(12)2)21-17(26)9-10-18(27)23-24-20(31)22-19(28)14-4-7-16(8-5-14)25(29)30/h3-8,11H,9-10H2,1-2H3,(H,21,26)(H,23,27)(H2,22,24,28,31). The van der Waals surface area contributed by atoms with Crippen LogP contribution in [0.25, 0.3) is 0 Å². The summed E-state index contributed by atoms with van der Waals surface area (Å²) in [4.78, 5) is 45.9. The molecule has 0 heterocycles. The predicted molar refractivity (Wildman–Crippen MR) is 118 cm³/mol. The number of carbonyl (C=O) groups excluding carboxylic acids is 3. The van der Waals surface area contributed by atoms with E-state index in [0.717, 1.165) is 11.1 Å². The number of nitro benzene ring substituents is 1. The highest BCUT2D eigenvalue weighted by atomic mass is 32.1. The van der Waals surface area contributed by atoms with Gasteiger partial charge in [0.15, 0.2) is 5.11 Å². The van der Waals surface area contributed by atoms with Gasteiger partial charge in [-0.1, -0.05) is 6.07 Å². The zero-order chi connectivity index (χ0) is 23.0. The van der Waals surface area contributed by atoms with Crippen LogP contribution >= 0.6 is 12.2 Å². The van der Waals surface area contributed by atoms with E-state index in [2.05, 4.69) is 21.5 Å². The second-order valence-electron chi connectivity index (χ2n) is 6.61. The Hall–Kier alpha value is -3.86. The fraction of sp³-hybridized carbons (Fsp3) is 0.200. The Kier molecular flexibility index (Phi) is 8.15. The third-order valence-electron chi connectivity index (χ3n) is 4.25. The van der Waals surface area contributed by atoms with Gasteiger partial charge in [-0.15, -0.1) is 0 Å². The molecule has 0 saturated heterocycles. The molecule has 0 aliphatic rings. The number of benzene rings is 2. The van der Waals surface area contributed by atoms with Gasteiger partial charge in [0.2, 0.25) is 11.8 Å². The summed E-state index contributed by atoms with van der Waals surface area (Å²) in [7, 11) is 0. The van der Waals surface area contributed by atoms with Crippen LogP contribution in [0.4, 0.5) is 11.4 Å². The van der Waals surface area contributed by atoms with Crippen molar-refractivity contribution in [1.82, 2.24) is 16.2 Å². The monoisotopic (exact) mass is 443 g/mol. The van der Waals surface area contributed by atoms with Gasteiger partial charge in [0.05, 0.1) is 4.92 Å². The number of hydrogen-bond donors (Lipinski definition) is 4. The van der Waals surface area contributed by atoms with Crippen molar-refractivity contribution in [2.24, 2.45) is 0 Å². The molecular formula is C20H21N5O5S. The quantitative estimate of drug-likeness (QED) is 0.305. The van der Waals surface area contributed by atoms with Crippen LogP contribution in [0.15, 0.2) is 42.5 Å². The first-order valence-electron chi connectivity index (χ1n) is 9.17. The topological polar surface area (TPSA) is 142 Å². The maximum Gasteiger partial charge on any atom is 0.269 e. The molecule has 0 atom stereocenters. The van der Waals surface area contributed by atoms with Crippen molar-refractivity contribution >= 4 is 46.4 Å². The van der Waals surface area contributed by atoms with Gasteiger partial charge in [-0.05, 0) is 61.5 Å². The smallest absolute Gasteiger partial charge is 0.269 e. The number of anilines is 1. The second kappa shape index (κ2) is 10.8. The van der Waals surface area contributed by atoms with Crippen molar-refractivity contribution in [3.63, 3.8) is 0 Å². The average Bonchev–Trinajstić information content (AvgIpc) is 2.73. The molecule has 10 nitrogen and oxygen atoms in total. The van der Waals surface area contributed by atoms with E-state index >= 15 is 0 Å². The summed E-state index contributed by atoms with van der Waals surface area (Å²) in [6.45, 7) is 3.91. The van der Waals surface area contributed by atoms with Crippen molar-refractivity contribution < 1.29 is 19.3 Å². The lowest BCUT2D eigenvalue weighted by atomic mass is 10.1. The first kappa shape index (κ1) is 23.4. The minimum Gasteiger partial charge on any atom is -0.326 e. The van der Waals surface area contributed by atoms with Crippen molar-refractivity contribution in [3.05, 3.63) is 69.3 Å². The zero-order valence-electron chi connectivity index (χ0n) is 16.9. The van der Waals surface area contributed by atoms with Gasteiger partial charge < -0.3 is 5.32 Å². The van der Waals surface area contributed by atoms with Gasteiger partial charge in [-0.3, -0.25) is 40.7 Å². The number of nitrogens with zero attached hydrogens (tertiary/aromatic N) is 1.